The summed E-state index contributed by atoms with van der Waals surface area (Å²) >= 11 is 0. The third-order valence-electron chi connectivity index (χ3n) is 3.36. The number of carbonyl (C=O) groups is 1. The van der Waals surface area contributed by atoms with Crippen molar-refractivity contribution in [1.29, 1.82) is 0 Å². The van der Waals surface area contributed by atoms with Crippen molar-refractivity contribution in [3.63, 3.8) is 0 Å². The fraction of sp³-hybridized carbons (Fsp3) is 0.294. The Morgan fingerprint density at radius 3 is 2.55 bits per heavy atom. The molecular weight excluding hydrogens is 250 g/mol. The molecule has 0 N–H and O–H groups in total. The number of hydrogen-bond donors (Lipinski definition) is 0. The highest BCUT2D eigenvalue weighted by Crippen LogP contribution is 2.32. The van der Waals surface area contributed by atoms with Gasteiger partial charge in [0.05, 0.1) is 0 Å². The molecule has 3 heteroatoms. The molecule has 0 spiro atoms. The summed E-state index contributed by atoms with van der Waals surface area (Å²) in [4.78, 5) is 16.3. The quantitative estimate of drug-likeness (QED) is 0.784. The maximum absolute atomic E-state index is 12.3. The number of rotatable bonds is 4. The number of hydrogen-bond acceptors (Lipinski definition) is 2. The van der Waals surface area contributed by atoms with Gasteiger partial charge in [0.15, 0.2) is 5.60 Å². The van der Waals surface area contributed by atoms with Crippen LogP contribution in [0.5, 0.6) is 0 Å². The summed E-state index contributed by atoms with van der Waals surface area (Å²) in [5, 5.41) is 0. The Kier molecular flexibility index (Phi) is 3.89. The highest BCUT2D eigenvalue weighted by molar-refractivity contribution is 6.09. The van der Waals surface area contributed by atoms with E-state index in [1.807, 2.05) is 50.3 Å². The topological polar surface area (TPSA) is 38.7 Å². The molecule has 0 aromatic heterocycles. The van der Waals surface area contributed by atoms with E-state index in [4.69, 9.17) is 4.74 Å². The maximum atomic E-state index is 12.3. The summed E-state index contributed by atoms with van der Waals surface area (Å²) in [5.74, 6) is -0.0872. The highest BCUT2D eigenvalue weighted by Gasteiger charge is 2.46. The van der Waals surface area contributed by atoms with Gasteiger partial charge in [-0.05, 0) is 32.9 Å². The molecule has 2 rings (SSSR count). The number of benzene rings is 1. The summed E-state index contributed by atoms with van der Waals surface area (Å²) in [6, 6.07) is 9.45. The Bertz CT molecular complexity index is 582. The van der Waals surface area contributed by atoms with Crippen molar-refractivity contribution < 1.29 is 9.53 Å². The SMILES string of the molecule is C=C[C@@H](C=C(C)C)[C@@]1(C)OC(c2ccccc2)=NC1=O. The average molecular weight is 269 g/mol. The van der Waals surface area contributed by atoms with Gasteiger partial charge < -0.3 is 4.74 Å². The van der Waals surface area contributed by atoms with Crippen LogP contribution in [0.25, 0.3) is 0 Å². The Morgan fingerprint density at radius 1 is 1.35 bits per heavy atom. The highest BCUT2D eigenvalue weighted by atomic mass is 16.5. The molecule has 0 radical (unpaired) electrons. The van der Waals surface area contributed by atoms with E-state index in [0.717, 1.165) is 11.1 Å². The second-order valence-corrected chi connectivity index (χ2v) is 5.30. The molecule has 0 aliphatic carbocycles. The van der Waals surface area contributed by atoms with Crippen LogP contribution in [0.4, 0.5) is 0 Å². The lowest BCUT2D eigenvalue weighted by Gasteiger charge is -2.27. The molecule has 0 saturated heterocycles. The third-order valence-corrected chi connectivity index (χ3v) is 3.36. The van der Waals surface area contributed by atoms with Gasteiger partial charge in [0.2, 0.25) is 5.90 Å². The summed E-state index contributed by atoms with van der Waals surface area (Å²) < 4.78 is 5.89. The fourth-order valence-electron chi connectivity index (χ4n) is 2.20. The summed E-state index contributed by atoms with van der Waals surface area (Å²) in [6.45, 7) is 9.54. The number of amides is 1. The molecule has 0 saturated carbocycles. The van der Waals surface area contributed by atoms with Crippen molar-refractivity contribution in [3.8, 4) is 0 Å². The van der Waals surface area contributed by atoms with E-state index in [1.54, 1.807) is 13.0 Å². The minimum atomic E-state index is -1.01. The molecule has 2 atom stereocenters. The predicted molar refractivity (Wildman–Crippen MR) is 80.6 cm³/mol. The number of aliphatic imine (C=N–C) groups is 1. The first-order valence-electron chi connectivity index (χ1n) is 6.62. The molecule has 20 heavy (non-hydrogen) atoms. The molecule has 1 aromatic carbocycles. The van der Waals surface area contributed by atoms with Gasteiger partial charge in [0.25, 0.3) is 5.91 Å². The van der Waals surface area contributed by atoms with Crippen molar-refractivity contribution in [2.24, 2.45) is 10.9 Å². The lowest BCUT2D eigenvalue weighted by molar-refractivity contribution is -0.131. The van der Waals surface area contributed by atoms with E-state index in [0.29, 0.717) is 5.90 Å². The first-order chi connectivity index (χ1) is 9.47. The molecule has 104 valence electrons. The zero-order valence-electron chi connectivity index (χ0n) is 12.1. The van der Waals surface area contributed by atoms with Crippen molar-refractivity contribution in [1.82, 2.24) is 0 Å². The number of allylic oxidation sites excluding steroid dienone is 1. The van der Waals surface area contributed by atoms with E-state index >= 15 is 0 Å². The van der Waals surface area contributed by atoms with Crippen LogP contribution in [-0.2, 0) is 9.53 Å². The van der Waals surface area contributed by atoms with Gasteiger partial charge in [-0.25, -0.2) is 0 Å². The first kappa shape index (κ1) is 14.3. The molecule has 1 aliphatic heterocycles. The van der Waals surface area contributed by atoms with Gasteiger partial charge in [-0.15, -0.1) is 6.58 Å². The van der Waals surface area contributed by atoms with Crippen molar-refractivity contribution in [3.05, 3.63) is 60.2 Å². The van der Waals surface area contributed by atoms with Gasteiger partial charge in [-0.1, -0.05) is 35.9 Å². The minimum Gasteiger partial charge on any atom is -0.460 e. The number of ether oxygens (including phenoxy) is 1. The normalized spacial score (nSPS) is 22.8. The van der Waals surface area contributed by atoms with E-state index < -0.39 is 5.60 Å². The number of carbonyl (C=O) groups excluding carboxylic acids is 1. The molecule has 1 heterocycles. The molecule has 1 amide bonds. The monoisotopic (exact) mass is 269 g/mol. The molecule has 3 nitrogen and oxygen atoms in total. The Hall–Kier alpha value is -2.16. The van der Waals surface area contributed by atoms with E-state index in [1.165, 1.54) is 0 Å². The van der Waals surface area contributed by atoms with Crippen molar-refractivity contribution >= 4 is 11.8 Å². The predicted octanol–water partition coefficient (Wildman–Crippen LogP) is 3.52. The lowest BCUT2D eigenvalue weighted by Crippen LogP contribution is -2.40. The second kappa shape index (κ2) is 5.45. The average Bonchev–Trinajstić information content (AvgIpc) is 2.74. The smallest absolute Gasteiger partial charge is 0.293 e. The van der Waals surface area contributed by atoms with Crippen LogP contribution >= 0.6 is 0 Å². The first-order valence-corrected chi connectivity index (χ1v) is 6.62. The van der Waals surface area contributed by atoms with Crippen LogP contribution in [0.1, 0.15) is 26.3 Å². The van der Waals surface area contributed by atoms with E-state index in [2.05, 4.69) is 11.6 Å². The Balaban J connectivity index is 2.32. The van der Waals surface area contributed by atoms with Crippen LogP contribution in [-0.4, -0.2) is 17.4 Å². The van der Waals surface area contributed by atoms with Crippen LogP contribution in [0.15, 0.2) is 59.6 Å². The molecule has 1 aliphatic rings. The van der Waals surface area contributed by atoms with Crippen LogP contribution in [0.3, 0.4) is 0 Å². The summed E-state index contributed by atoms with van der Waals surface area (Å²) in [7, 11) is 0. The number of nitrogens with zero attached hydrogens (tertiary/aromatic N) is 1. The Labute approximate surface area is 119 Å². The lowest BCUT2D eigenvalue weighted by atomic mass is 9.87. The summed E-state index contributed by atoms with van der Waals surface area (Å²) in [5.41, 5.74) is 0.912. The minimum absolute atomic E-state index is 0.204. The van der Waals surface area contributed by atoms with Gasteiger partial charge >= 0.3 is 0 Å². The largest absolute Gasteiger partial charge is 0.460 e. The second-order valence-electron chi connectivity index (χ2n) is 5.30. The maximum Gasteiger partial charge on any atom is 0.293 e. The molecular formula is C17H19NO2. The summed E-state index contributed by atoms with van der Waals surface area (Å²) in [6.07, 6.45) is 3.71. The van der Waals surface area contributed by atoms with E-state index in [9.17, 15) is 4.79 Å². The molecule has 0 fully saturated rings. The van der Waals surface area contributed by atoms with Crippen molar-refractivity contribution in [2.45, 2.75) is 26.4 Å². The molecule has 0 unspecified atom stereocenters. The van der Waals surface area contributed by atoms with Gasteiger partial charge in [-0.2, -0.15) is 4.99 Å². The zero-order valence-corrected chi connectivity index (χ0v) is 12.1. The molecule has 0 bridgehead atoms. The van der Waals surface area contributed by atoms with Crippen LogP contribution in [0, 0.1) is 5.92 Å². The standard InChI is InChI=1S/C17H19NO2/c1-5-14(11-12(2)3)17(4)16(19)18-15(20-17)13-9-7-6-8-10-13/h5-11,14H,1H2,2-4H3/t14-,17+/m0/s1. The van der Waals surface area contributed by atoms with Crippen LogP contribution in [0.2, 0.25) is 0 Å². The van der Waals surface area contributed by atoms with Gasteiger partial charge in [-0.3, -0.25) is 4.79 Å². The van der Waals surface area contributed by atoms with E-state index in [-0.39, 0.29) is 11.8 Å². The molecule has 1 aromatic rings. The fourth-order valence-corrected chi connectivity index (χ4v) is 2.20. The Morgan fingerprint density at radius 2 is 2.00 bits per heavy atom. The van der Waals surface area contributed by atoms with Crippen LogP contribution < -0.4 is 0 Å². The van der Waals surface area contributed by atoms with Gasteiger partial charge in [0.1, 0.15) is 0 Å². The zero-order chi connectivity index (χ0) is 14.8. The van der Waals surface area contributed by atoms with Crippen molar-refractivity contribution in [2.75, 3.05) is 0 Å². The van der Waals surface area contributed by atoms with Gasteiger partial charge in [0, 0.05) is 11.5 Å². The third kappa shape index (κ3) is 2.57.